The number of carbonyl (C=O) groups is 1. The molecule has 1 heterocycles. The highest BCUT2D eigenvalue weighted by Gasteiger charge is 2.20. The molecule has 4 nitrogen and oxygen atoms in total. The first-order chi connectivity index (χ1) is 9.25. The van der Waals surface area contributed by atoms with Crippen molar-refractivity contribution in [2.75, 3.05) is 26.7 Å². The van der Waals surface area contributed by atoms with E-state index in [4.69, 9.17) is 0 Å². The lowest BCUT2D eigenvalue weighted by Gasteiger charge is -2.28. The highest BCUT2D eigenvalue weighted by molar-refractivity contribution is 5.85. The molecular formula is C15H30ClN3O. The van der Waals surface area contributed by atoms with E-state index in [0.717, 1.165) is 19.5 Å². The Kier molecular flexibility index (Phi) is 8.50. The van der Waals surface area contributed by atoms with Crippen LogP contribution in [0.2, 0.25) is 0 Å². The molecule has 1 amide bonds. The predicted molar refractivity (Wildman–Crippen MR) is 85.4 cm³/mol. The summed E-state index contributed by atoms with van der Waals surface area (Å²) in [4.78, 5) is 14.3. The Balaban J connectivity index is 0.00000200. The van der Waals surface area contributed by atoms with E-state index in [1.54, 1.807) is 0 Å². The van der Waals surface area contributed by atoms with Gasteiger partial charge >= 0.3 is 0 Å². The number of rotatable bonds is 4. The van der Waals surface area contributed by atoms with Gasteiger partial charge in [-0.1, -0.05) is 19.3 Å². The molecule has 0 radical (unpaired) electrons. The second-order valence-electron chi connectivity index (χ2n) is 6.15. The number of nitrogens with one attached hydrogen (secondary N) is 2. The third kappa shape index (κ3) is 5.98. The van der Waals surface area contributed by atoms with E-state index < -0.39 is 0 Å². The van der Waals surface area contributed by atoms with Crippen LogP contribution in [0.1, 0.15) is 51.4 Å². The van der Waals surface area contributed by atoms with E-state index in [1.165, 1.54) is 44.9 Å². The van der Waals surface area contributed by atoms with Gasteiger partial charge in [0.2, 0.25) is 5.91 Å². The van der Waals surface area contributed by atoms with Crippen molar-refractivity contribution in [3.05, 3.63) is 0 Å². The molecule has 5 heteroatoms. The fourth-order valence-electron chi connectivity index (χ4n) is 3.32. The molecule has 20 heavy (non-hydrogen) atoms. The highest BCUT2D eigenvalue weighted by Crippen LogP contribution is 2.17. The summed E-state index contributed by atoms with van der Waals surface area (Å²) in [6, 6.07) is 0.998. The van der Waals surface area contributed by atoms with Crippen molar-refractivity contribution in [3.63, 3.8) is 0 Å². The molecule has 0 aromatic heterocycles. The van der Waals surface area contributed by atoms with Crippen molar-refractivity contribution in [2.45, 2.75) is 63.5 Å². The molecule has 0 bridgehead atoms. The van der Waals surface area contributed by atoms with Gasteiger partial charge in [0.1, 0.15) is 0 Å². The summed E-state index contributed by atoms with van der Waals surface area (Å²) in [6.07, 6.45) is 9.81. The van der Waals surface area contributed by atoms with Crippen LogP contribution in [0.25, 0.3) is 0 Å². The number of amides is 1. The zero-order chi connectivity index (χ0) is 13.5. The maximum absolute atomic E-state index is 12.1. The Hall–Kier alpha value is -0.320. The van der Waals surface area contributed by atoms with E-state index in [1.807, 2.05) is 0 Å². The molecule has 0 spiro atoms. The molecule has 2 aliphatic rings. The molecule has 1 atom stereocenters. The van der Waals surface area contributed by atoms with Crippen molar-refractivity contribution in [3.8, 4) is 0 Å². The molecule has 1 unspecified atom stereocenters. The molecule has 118 valence electrons. The Labute approximate surface area is 129 Å². The summed E-state index contributed by atoms with van der Waals surface area (Å²) in [5.74, 6) is 0.214. The minimum atomic E-state index is 0. The highest BCUT2D eigenvalue weighted by atomic mass is 35.5. The lowest BCUT2D eigenvalue weighted by molar-refractivity contribution is -0.123. The summed E-state index contributed by atoms with van der Waals surface area (Å²) < 4.78 is 0. The normalized spacial score (nSPS) is 24.8. The lowest BCUT2D eigenvalue weighted by Crippen LogP contribution is -2.44. The number of nitrogens with zero attached hydrogens (tertiary/aromatic N) is 1. The average molecular weight is 304 g/mol. The van der Waals surface area contributed by atoms with Crippen molar-refractivity contribution >= 4 is 18.3 Å². The fourth-order valence-corrected chi connectivity index (χ4v) is 3.32. The van der Waals surface area contributed by atoms with Gasteiger partial charge in [0, 0.05) is 12.1 Å². The Morgan fingerprint density at radius 1 is 1.10 bits per heavy atom. The minimum Gasteiger partial charge on any atom is -0.352 e. The van der Waals surface area contributed by atoms with E-state index in [2.05, 4.69) is 22.6 Å². The van der Waals surface area contributed by atoms with Gasteiger partial charge in [-0.25, -0.2) is 0 Å². The first-order valence-electron chi connectivity index (χ1n) is 7.96. The van der Waals surface area contributed by atoms with Crippen LogP contribution in [0.4, 0.5) is 0 Å². The van der Waals surface area contributed by atoms with Crippen LogP contribution in [-0.2, 0) is 4.79 Å². The maximum Gasteiger partial charge on any atom is 0.234 e. The summed E-state index contributed by atoms with van der Waals surface area (Å²) in [5.41, 5.74) is 0. The molecule has 1 saturated carbocycles. The summed E-state index contributed by atoms with van der Waals surface area (Å²) in [5, 5.41) is 6.63. The van der Waals surface area contributed by atoms with Gasteiger partial charge in [0.25, 0.3) is 0 Å². The first-order valence-corrected chi connectivity index (χ1v) is 7.96. The summed E-state index contributed by atoms with van der Waals surface area (Å²) in [7, 11) is 2.09. The van der Waals surface area contributed by atoms with Crippen LogP contribution >= 0.6 is 12.4 Å². The van der Waals surface area contributed by atoms with Crippen LogP contribution in [0.5, 0.6) is 0 Å². The fraction of sp³-hybridized carbons (Fsp3) is 0.933. The zero-order valence-electron chi connectivity index (χ0n) is 12.7. The largest absolute Gasteiger partial charge is 0.352 e. The standard InChI is InChI=1S/C15H29N3O.ClH/c1-18(14-8-5-10-16-11-9-14)12-15(19)17-13-6-3-2-4-7-13;/h13-14,16H,2-12H2,1H3,(H,17,19);1H. The van der Waals surface area contributed by atoms with Gasteiger partial charge in [0.05, 0.1) is 6.54 Å². The van der Waals surface area contributed by atoms with Crippen LogP contribution in [-0.4, -0.2) is 49.6 Å². The number of hydrogen-bond acceptors (Lipinski definition) is 3. The van der Waals surface area contributed by atoms with Crippen LogP contribution in [0.15, 0.2) is 0 Å². The van der Waals surface area contributed by atoms with Gasteiger partial charge in [-0.3, -0.25) is 9.69 Å². The van der Waals surface area contributed by atoms with Crippen molar-refractivity contribution < 1.29 is 4.79 Å². The predicted octanol–water partition coefficient (Wildman–Crippen LogP) is 1.93. The summed E-state index contributed by atoms with van der Waals surface area (Å²) in [6.45, 7) is 2.76. The van der Waals surface area contributed by atoms with Crippen LogP contribution in [0, 0.1) is 0 Å². The third-order valence-electron chi connectivity index (χ3n) is 4.53. The second kappa shape index (κ2) is 9.59. The molecule has 1 aliphatic carbocycles. The van der Waals surface area contributed by atoms with Crippen molar-refractivity contribution in [2.24, 2.45) is 0 Å². The minimum absolute atomic E-state index is 0. The molecule has 2 fully saturated rings. The number of halogens is 1. The van der Waals surface area contributed by atoms with Crippen molar-refractivity contribution in [1.82, 2.24) is 15.5 Å². The topological polar surface area (TPSA) is 44.4 Å². The van der Waals surface area contributed by atoms with Gasteiger partial charge < -0.3 is 10.6 Å². The average Bonchev–Trinajstić information content (AvgIpc) is 2.68. The Morgan fingerprint density at radius 2 is 1.85 bits per heavy atom. The van der Waals surface area contributed by atoms with Crippen LogP contribution in [0.3, 0.4) is 0 Å². The number of hydrogen-bond donors (Lipinski definition) is 2. The molecule has 0 aromatic rings. The van der Waals surface area contributed by atoms with Crippen LogP contribution < -0.4 is 10.6 Å². The molecule has 1 aliphatic heterocycles. The van der Waals surface area contributed by atoms with E-state index in [0.29, 0.717) is 18.6 Å². The smallest absolute Gasteiger partial charge is 0.234 e. The van der Waals surface area contributed by atoms with Gasteiger partial charge in [0.15, 0.2) is 0 Å². The Morgan fingerprint density at radius 3 is 2.60 bits per heavy atom. The summed E-state index contributed by atoms with van der Waals surface area (Å²) >= 11 is 0. The monoisotopic (exact) mass is 303 g/mol. The molecule has 2 rings (SSSR count). The van der Waals surface area contributed by atoms with Gasteiger partial charge in [-0.05, 0) is 52.2 Å². The maximum atomic E-state index is 12.1. The van der Waals surface area contributed by atoms with Gasteiger partial charge in [-0.15, -0.1) is 12.4 Å². The quantitative estimate of drug-likeness (QED) is 0.834. The first kappa shape index (κ1) is 17.7. The molecule has 2 N–H and O–H groups in total. The van der Waals surface area contributed by atoms with E-state index in [-0.39, 0.29) is 18.3 Å². The SMILES string of the molecule is CN(CC(=O)NC1CCCCC1)C1CCCNCC1.Cl. The molecular weight excluding hydrogens is 274 g/mol. The van der Waals surface area contributed by atoms with Gasteiger partial charge in [-0.2, -0.15) is 0 Å². The van der Waals surface area contributed by atoms with E-state index in [9.17, 15) is 4.79 Å². The zero-order valence-corrected chi connectivity index (χ0v) is 13.5. The molecule has 1 saturated heterocycles. The number of carbonyl (C=O) groups excluding carboxylic acids is 1. The lowest BCUT2D eigenvalue weighted by atomic mass is 9.95. The molecule has 0 aromatic carbocycles. The Bertz CT molecular complexity index is 274. The van der Waals surface area contributed by atoms with E-state index >= 15 is 0 Å². The second-order valence-corrected chi connectivity index (χ2v) is 6.15. The third-order valence-corrected chi connectivity index (χ3v) is 4.53. The number of likely N-dealkylation sites (N-methyl/N-ethyl adjacent to an activating group) is 1. The van der Waals surface area contributed by atoms with Crippen molar-refractivity contribution in [1.29, 1.82) is 0 Å².